The topological polar surface area (TPSA) is 109 Å². The van der Waals surface area contributed by atoms with E-state index in [9.17, 15) is 19.8 Å². The van der Waals surface area contributed by atoms with E-state index in [0.29, 0.717) is 34.8 Å². The van der Waals surface area contributed by atoms with Crippen molar-refractivity contribution in [3.63, 3.8) is 0 Å². The first-order valence-electron chi connectivity index (χ1n) is 12.7. The number of phenolic OH excluding ortho intramolecular Hbond substituents is 1. The Labute approximate surface area is 228 Å². The lowest BCUT2D eigenvalue weighted by Crippen LogP contribution is -2.29. The maximum atomic E-state index is 13.6. The zero-order valence-electron chi connectivity index (χ0n) is 21.6. The standard InChI is InChI=1S/C30H26N2O6S/c1-4-37-23-14-17(6-9-21(23)33)26-25(27(34)18-7-10-22-19(13-18)12-16(3)38-22)28(35)29(36)32(26)30-31-20-8-5-15(2)11-24(20)39-30/h5-11,13-14,16,26,33-34H,4,12H2,1-3H3/b27-25+/t16-,26-/m1/s1. The number of phenols is 1. The summed E-state index contributed by atoms with van der Waals surface area (Å²) in [4.78, 5) is 33.2. The van der Waals surface area contributed by atoms with Crippen LogP contribution in [-0.2, 0) is 16.0 Å². The number of rotatable bonds is 5. The number of carbonyl (C=O) groups is 2. The molecule has 1 saturated heterocycles. The fourth-order valence-electron chi connectivity index (χ4n) is 5.16. The van der Waals surface area contributed by atoms with Crippen LogP contribution in [0.4, 0.5) is 5.13 Å². The maximum absolute atomic E-state index is 13.6. The Morgan fingerprint density at radius 3 is 2.77 bits per heavy atom. The SMILES string of the molecule is CCOc1cc([C@@H]2/C(=C(\O)c3ccc4c(c3)C[C@@H](C)O4)C(=O)C(=O)N2c2nc3ccc(C)cc3s2)ccc1O. The zero-order chi connectivity index (χ0) is 27.4. The smallest absolute Gasteiger partial charge is 0.301 e. The van der Waals surface area contributed by atoms with E-state index in [-0.39, 0.29) is 28.9 Å². The second-order valence-corrected chi connectivity index (χ2v) is 10.8. The summed E-state index contributed by atoms with van der Waals surface area (Å²) in [5.74, 6) is -1.01. The highest BCUT2D eigenvalue weighted by Gasteiger charge is 2.48. The van der Waals surface area contributed by atoms with Gasteiger partial charge in [-0.1, -0.05) is 23.5 Å². The number of aliphatic hydroxyl groups excluding tert-OH is 1. The molecule has 0 aliphatic carbocycles. The van der Waals surface area contributed by atoms with Gasteiger partial charge in [-0.25, -0.2) is 4.98 Å². The van der Waals surface area contributed by atoms with E-state index in [1.807, 2.05) is 32.0 Å². The van der Waals surface area contributed by atoms with Crippen LogP contribution in [0.2, 0.25) is 0 Å². The normalized spacial score (nSPS) is 19.9. The molecule has 3 heterocycles. The average Bonchev–Trinajstić information content (AvgIpc) is 3.57. The van der Waals surface area contributed by atoms with E-state index in [1.165, 1.54) is 22.3 Å². The molecule has 2 aliphatic heterocycles. The molecule has 1 fully saturated rings. The lowest BCUT2D eigenvalue weighted by molar-refractivity contribution is -0.132. The van der Waals surface area contributed by atoms with E-state index in [1.54, 1.807) is 37.3 Å². The Balaban J connectivity index is 1.55. The third kappa shape index (κ3) is 4.19. The van der Waals surface area contributed by atoms with E-state index in [4.69, 9.17) is 9.47 Å². The summed E-state index contributed by atoms with van der Waals surface area (Å²) >= 11 is 1.30. The van der Waals surface area contributed by atoms with Gasteiger partial charge >= 0.3 is 5.91 Å². The molecular weight excluding hydrogens is 516 g/mol. The molecule has 0 radical (unpaired) electrons. The van der Waals surface area contributed by atoms with Crippen LogP contribution in [0.5, 0.6) is 17.2 Å². The van der Waals surface area contributed by atoms with Crippen molar-refractivity contribution in [1.82, 2.24) is 4.98 Å². The molecular formula is C30H26N2O6S. The van der Waals surface area contributed by atoms with Crippen molar-refractivity contribution in [3.8, 4) is 17.2 Å². The Bertz CT molecular complexity index is 1690. The van der Waals surface area contributed by atoms with E-state index >= 15 is 0 Å². The molecule has 0 bridgehead atoms. The molecule has 4 aromatic rings. The summed E-state index contributed by atoms with van der Waals surface area (Å²) < 4.78 is 12.2. The van der Waals surface area contributed by atoms with Crippen molar-refractivity contribution in [1.29, 1.82) is 0 Å². The van der Waals surface area contributed by atoms with E-state index in [0.717, 1.165) is 21.6 Å². The number of ether oxygens (including phenoxy) is 2. The maximum Gasteiger partial charge on any atom is 0.301 e. The van der Waals surface area contributed by atoms with Crippen LogP contribution in [0.1, 0.15) is 42.1 Å². The van der Waals surface area contributed by atoms with Crippen LogP contribution in [0.25, 0.3) is 16.0 Å². The monoisotopic (exact) mass is 542 g/mol. The van der Waals surface area contributed by atoms with Gasteiger partial charge in [-0.05, 0) is 79.9 Å². The highest BCUT2D eigenvalue weighted by Crippen LogP contribution is 2.46. The summed E-state index contributed by atoms with van der Waals surface area (Å²) in [6.45, 7) is 6.04. The zero-order valence-corrected chi connectivity index (χ0v) is 22.4. The number of amides is 1. The van der Waals surface area contributed by atoms with Crippen LogP contribution in [0.3, 0.4) is 0 Å². The molecule has 0 saturated carbocycles. The molecule has 1 aromatic heterocycles. The Morgan fingerprint density at radius 2 is 1.97 bits per heavy atom. The molecule has 9 heteroatoms. The van der Waals surface area contributed by atoms with Gasteiger partial charge in [-0.15, -0.1) is 0 Å². The fourth-order valence-corrected chi connectivity index (χ4v) is 6.26. The van der Waals surface area contributed by atoms with Gasteiger partial charge in [0, 0.05) is 12.0 Å². The summed E-state index contributed by atoms with van der Waals surface area (Å²) in [6, 6.07) is 14.7. The quantitative estimate of drug-likeness (QED) is 0.190. The number of aliphatic hydroxyl groups is 1. The van der Waals surface area contributed by atoms with Crippen LogP contribution >= 0.6 is 11.3 Å². The minimum absolute atomic E-state index is 0.0135. The third-order valence-electron chi connectivity index (χ3n) is 6.95. The van der Waals surface area contributed by atoms with Gasteiger partial charge in [0.05, 0.1) is 28.4 Å². The van der Waals surface area contributed by atoms with Crippen LogP contribution < -0.4 is 14.4 Å². The number of ketones is 1. The minimum Gasteiger partial charge on any atom is -0.507 e. The van der Waals surface area contributed by atoms with Crippen molar-refractivity contribution in [3.05, 3.63) is 82.4 Å². The van der Waals surface area contributed by atoms with E-state index in [2.05, 4.69) is 4.98 Å². The first-order valence-corrected chi connectivity index (χ1v) is 13.5. The van der Waals surface area contributed by atoms with Crippen molar-refractivity contribution < 1.29 is 29.3 Å². The number of fused-ring (bicyclic) bond motifs is 2. The van der Waals surface area contributed by atoms with Gasteiger partial charge in [0.25, 0.3) is 5.78 Å². The molecule has 0 spiro atoms. The average molecular weight is 543 g/mol. The molecule has 1 amide bonds. The summed E-state index contributed by atoms with van der Waals surface area (Å²) in [5, 5.41) is 22.2. The largest absolute Gasteiger partial charge is 0.507 e. The third-order valence-corrected chi connectivity index (χ3v) is 7.97. The number of carbonyl (C=O) groups excluding carboxylic acids is 2. The molecule has 2 aliphatic rings. The number of aromatic nitrogens is 1. The predicted octanol–water partition coefficient (Wildman–Crippen LogP) is 5.66. The Kier molecular flexibility index (Phi) is 6.03. The van der Waals surface area contributed by atoms with Crippen molar-refractivity contribution in [2.75, 3.05) is 11.5 Å². The minimum atomic E-state index is -0.991. The van der Waals surface area contributed by atoms with Gasteiger partial charge in [0.1, 0.15) is 17.6 Å². The number of hydrogen-bond donors (Lipinski definition) is 2. The number of anilines is 1. The van der Waals surface area contributed by atoms with Crippen LogP contribution in [-0.4, -0.2) is 39.6 Å². The number of aromatic hydroxyl groups is 1. The molecule has 0 unspecified atom stereocenters. The number of aryl methyl sites for hydroxylation is 1. The molecule has 39 heavy (non-hydrogen) atoms. The van der Waals surface area contributed by atoms with Gasteiger partial charge in [-0.2, -0.15) is 0 Å². The van der Waals surface area contributed by atoms with Crippen LogP contribution in [0.15, 0.2) is 60.2 Å². The Hall–Kier alpha value is -4.37. The predicted molar refractivity (Wildman–Crippen MR) is 149 cm³/mol. The van der Waals surface area contributed by atoms with Crippen LogP contribution in [0, 0.1) is 6.92 Å². The Morgan fingerprint density at radius 1 is 1.15 bits per heavy atom. The van der Waals surface area contributed by atoms with Gasteiger partial charge in [-0.3, -0.25) is 14.5 Å². The fraction of sp³-hybridized carbons (Fsp3) is 0.233. The van der Waals surface area contributed by atoms with Crippen molar-refractivity contribution in [2.45, 2.75) is 39.3 Å². The second kappa shape index (κ2) is 9.43. The number of thiazole rings is 1. The molecule has 3 aromatic carbocycles. The molecule has 2 atom stereocenters. The number of Topliss-reactive ketones (excluding diaryl/α,β-unsaturated/α-hetero) is 1. The molecule has 8 nitrogen and oxygen atoms in total. The lowest BCUT2D eigenvalue weighted by Gasteiger charge is -2.23. The number of hydrogen-bond acceptors (Lipinski definition) is 8. The summed E-state index contributed by atoms with van der Waals surface area (Å²) in [6.07, 6.45) is 0.689. The van der Waals surface area contributed by atoms with Crippen molar-refractivity contribution >= 4 is 44.1 Å². The lowest BCUT2D eigenvalue weighted by atomic mass is 9.94. The van der Waals surface area contributed by atoms with Gasteiger partial charge < -0.3 is 19.7 Å². The molecule has 2 N–H and O–H groups in total. The van der Waals surface area contributed by atoms with Gasteiger partial charge in [0.2, 0.25) is 0 Å². The van der Waals surface area contributed by atoms with Gasteiger partial charge in [0.15, 0.2) is 16.6 Å². The highest BCUT2D eigenvalue weighted by molar-refractivity contribution is 7.22. The van der Waals surface area contributed by atoms with E-state index < -0.39 is 17.7 Å². The van der Waals surface area contributed by atoms with Crippen molar-refractivity contribution in [2.24, 2.45) is 0 Å². The second-order valence-electron chi connectivity index (χ2n) is 9.75. The number of benzene rings is 3. The summed E-state index contributed by atoms with van der Waals surface area (Å²) in [5.41, 5.74) is 3.52. The number of nitrogens with zero attached hydrogens (tertiary/aromatic N) is 2. The first-order chi connectivity index (χ1) is 18.7. The summed E-state index contributed by atoms with van der Waals surface area (Å²) in [7, 11) is 0. The molecule has 198 valence electrons. The highest BCUT2D eigenvalue weighted by atomic mass is 32.1. The molecule has 6 rings (SSSR count). The first kappa shape index (κ1) is 24.9.